The van der Waals surface area contributed by atoms with Gasteiger partial charge in [0, 0.05) is 11.0 Å². The number of anilines is 1. The van der Waals surface area contributed by atoms with E-state index in [-0.39, 0.29) is 5.41 Å². The molecule has 0 saturated carbocycles. The van der Waals surface area contributed by atoms with Crippen molar-refractivity contribution in [1.29, 1.82) is 0 Å². The molecule has 0 aromatic heterocycles. The molecule has 0 heterocycles. The van der Waals surface area contributed by atoms with E-state index in [0.717, 1.165) is 16.6 Å². The largest absolute Gasteiger partial charge is 0.444 e. The van der Waals surface area contributed by atoms with Gasteiger partial charge in [-0.3, -0.25) is 5.32 Å². The number of nitrogens with one attached hydrogen (secondary N) is 1. The molecule has 1 rings (SSSR count). The Morgan fingerprint density at radius 1 is 1.25 bits per heavy atom. The normalized spacial score (nSPS) is 12.2. The number of ether oxygens (including phenoxy) is 1. The summed E-state index contributed by atoms with van der Waals surface area (Å²) in [4.78, 5) is 11.9. The van der Waals surface area contributed by atoms with E-state index in [0.29, 0.717) is 0 Å². The van der Waals surface area contributed by atoms with E-state index in [1.807, 2.05) is 39.8 Å². The van der Waals surface area contributed by atoms with Crippen LogP contribution in [0.2, 0.25) is 0 Å². The lowest BCUT2D eigenvalue weighted by Gasteiger charge is -2.24. The average Bonchev–Trinajstić information content (AvgIpc) is 2.29. The number of hydrogen-bond acceptors (Lipinski definition) is 2. The molecule has 0 radical (unpaired) electrons. The van der Waals surface area contributed by atoms with Crippen LogP contribution in [-0.2, 0) is 10.2 Å². The molecule has 0 spiro atoms. The average molecular weight is 342 g/mol. The molecule has 1 aromatic rings. The monoisotopic (exact) mass is 341 g/mol. The third-order valence-corrected chi connectivity index (χ3v) is 4.39. The maximum absolute atomic E-state index is 11.9. The highest BCUT2D eigenvalue weighted by Crippen LogP contribution is 2.29. The molecule has 1 aromatic carbocycles. The third-order valence-electron chi connectivity index (χ3n) is 2.99. The molecular formula is C16H24BrNO2. The number of carbonyl (C=O) groups excluding carboxylic acids is 1. The maximum Gasteiger partial charge on any atom is 0.412 e. The standard InChI is InChI=1S/C16H24BrNO2/c1-11-7-8-12(16(5,6)10-17)9-13(11)18-14(19)20-15(2,3)4/h7-9H,10H2,1-6H3,(H,18,19). The quantitative estimate of drug-likeness (QED) is 0.784. The molecule has 1 amide bonds. The van der Waals surface area contributed by atoms with Crippen LogP contribution in [0.5, 0.6) is 0 Å². The van der Waals surface area contributed by atoms with E-state index < -0.39 is 11.7 Å². The predicted octanol–water partition coefficient (Wildman–Crippen LogP) is 5.01. The molecule has 0 saturated heterocycles. The van der Waals surface area contributed by atoms with Gasteiger partial charge < -0.3 is 4.74 Å². The zero-order valence-electron chi connectivity index (χ0n) is 13.1. The Hall–Kier alpha value is -1.03. The van der Waals surface area contributed by atoms with Gasteiger partial charge in [0.25, 0.3) is 0 Å². The summed E-state index contributed by atoms with van der Waals surface area (Å²) in [6.45, 7) is 11.8. The first-order valence-electron chi connectivity index (χ1n) is 6.72. The SMILES string of the molecule is Cc1ccc(C(C)(C)CBr)cc1NC(=O)OC(C)(C)C. The van der Waals surface area contributed by atoms with Crippen LogP contribution in [0.3, 0.4) is 0 Å². The van der Waals surface area contributed by atoms with Gasteiger partial charge in [-0.05, 0) is 50.3 Å². The number of benzene rings is 1. The van der Waals surface area contributed by atoms with E-state index in [9.17, 15) is 4.79 Å². The van der Waals surface area contributed by atoms with Gasteiger partial charge in [-0.1, -0.05) is 41.9 Å². The first-order chi connectivity index (χ1) is 9.05. The summed E-state index contributed by atoms with van der Waals surface area (Å²) in [5.41, 5.74) is 2.50. The summed E-state index contributed by atoms with van der Waals surface area (Å²) < 4.78 is 5.29. The van der Waals surface area contributed by atoms with Gasteiger partial charge in [0.2, 0.25) is 0 Å². The van der Waals surface area contributed by atoms with Crippen molar-refractivity contribution in [3.8, 4) is 0 Å². The molecule has 3 nitrogen and oxygen atoms in total. The lowest BCUT2D eigenvalue weighted by atomic mass is 9.86. The van der Waals surface area contributed by atoms with Crippen LogP contribution in [0.4, 0.5) is 10.5 Å². The molecule has 0 bridgehead atoms. The number of carbonyl (C=O) groups is 1. The number of aryl methyl sites for hydroxylation is 1. The molecular weight excluding hydrogens is 318 g/mol. The minimum atomic E-state index is -0.495. The number of hydrogen-bond donors (Lipinski definition) is 1. The summed E-state index contributed by atoms with van der Waals surface area (Å²) in [6, 6.07) is 6.13. The molecule has 20 heavy (non-hydrogen) atoms. The molecule has 112 valence electrons. The zero-order chi connectivity index (χ0) is 15.6. The van der Waals surface area contributed by atoms with E-state index in [1.165, 1.54) is 5.56 Å². The highest BCUT2D eigenvalue weighted by Gasteiger charge is 2.21. The zero-order valence-corrected chi connectivity index (χ0v) is 14.7. The molecule has 0 fully saturated rings. The number of amides is 1. The fourth-order valence-electron chi connectivity index (χ4n) is 1.67. The van der Waals surface area contributed by atoms with Crippen molar-refractivity contribution < 1.29 is 9.53 Å². The lowest BCUT2D eigenvalue weighted by molar-refractivity contribution is 0.0636. The Morgan fingerprint density at radius 2 is 1.85 bits per heavy atom. The summed E-state index contributed by atoms with van der Waals surface area (Å²) in [6.07, 6.45) is -0.422. The van der Waals surface area contributed by atoms with Gasteiger partial charge in [0.1, 0.15) is 5.60 Å². The Morgan fingerprint density at radius 3 is 2.35 bits per heavy atom. The van der Waals surface area contributed by atoms with Gasteiger partial charge in [0.05, 0.1) is 0 Å². The molecule has 0 atom stereocenters. The van der Waals surface area contributed by atoms with Crippen LogP contribution in [0.25, 0.3) is 0 Å². The predicted molar refractivity (Wildman–Crippen MR) is 87.9 cm³/mol. The van der Waals surface area contributed by atoms with Gasteiger partial charge in [-0.2, -0.15) is 0 Å². The van der Waals surface area contributed by atoms with Crippen LogP contribution in [0, 0.1) is 6.92 Å². The van der Waals surface area contributed by atoms with Crippen molar-refractivity contribution in [1.82, 2.24) is 0 Å². The van der Waals surface area contributed by atoms with Crippen LogP contribution < -0.4 is 5.32 Å². The summed E-state index contributed by atoms with van der Waals surface area (Å²) in [5, 5.41) is 3.68. The highest BCUT2D eigenvalue weighted by atomic mass is 79.9. The Kier molecular flexibility index (Phi) is 5.25. The van der Waals surface area contributed by atoms with E-state index >= 15 is 0 Å². The van der Waals surface area contributed by atoms with Gasteiger partial charge in [-0.25, -0.2) is 4.79 Å². The Balaban J connectivity index is 2.96. The van der Waals surface area contributed by atoms with Gasteiger partial charge in [0.15, 0.2) is 0 Å². The Labute approximate surface area is 130 Å². The van der Waals surface area contributed by atoms with Crippen molar-refractivity contribution in [3.63, 3.8) is 0 Å². The first-order valence-corrected chi connectivity index (χ1v) is 7.84. The fraction of sp³-hybridized carbons (Fsp3) is 0.562. The summed E-state index contributed by atoms with van der Waals surface area (Å²) >= 11 is 3.53. The molecule has 0 aliphatic heterocycles. The molecule has 0 aliphatic carbocycles. The van der Waals surface area contributed by atoms with Crippen LogP contribution in [-0.4, -0.2) is 17.0 Å². The second-order valence-corrected chi connectivity index (χ2v) is 7.23. The van der Waals surface area contributed by atoms with Crippen molar-refractivity contribution in [2.45, 2.75) is 52.6 Å². The molecule has 1 N–H and O–H groups in total. The third kappa shape index (κ3) is 4.82. The minimum absolute atomic E-state index is 0.0120. The number of alkyl halides is 1. The van der Waals surface area contributed by atoms with Gasteiger partial charge >= 0.3 is 6.09 Å². The van der Waals surface area contributed by atoms with Crippen LogP contribution in [0.1, 0.15) is 45.7 Å². The van der Waals surface area contributed by atoms with Crippen LogP contribution >= 0.6 is 15.9 Å². The summed E-state index contributed by atoms with van der Waals surface area (Å²) in [7, 11) is 0. The van der Waals surface area contributed by atoms with Crippen LogP contribution in [0.15, 0.2) is 18.2 Å². The molecule has 0 aliphatic rings. The highest BCUT2D eigenvalue weighted by molar-refractivity contribution is 9.09. The number of rotatable bonds is 3. The fourth-order valence-corrected chi connectivity index (χ4v) is 1.99. The van der Waals surface area contributed by atoms with Crippen molar-refractivity contribution >= 4 is 27.7 Å². The van der Waals surface area contributed by atoms with Crippen molar-refractivity contribution in [2.75, 3.05) is 10.6 Å². The molecule has 4 heteroatoms. The van der Waals surface area contributed by atoms with Gasteiger partial charge in [-0.15, -0.1) is 0 Å². The van der Waals surface area contributed by atoms with E-state index in [2.05, 4.69) is 41.2 Å². The smallest absolute Gasteiger partial charge is 0.412 e. The topological polar surface area (TPSA) is 38.3 Å². The first kappa shape index (κ1) is 17.0. The maximum atomic E-state index is 11.9. The second kappa shape index (κ2) is 6.17. The molecule has 0 unspecified atom stereocenters. The summed E-state index contributed by atoms with van der Waals surface area (Å²) in [5.74, 6) is 0. The minimum Gasteiger partial charge on any atom is -0.444 e. The second-order valence-electron chi connectivity index (χ2n) is 6.67. The Bertz CT molecular complexity index is 490. The number of halogens is 1. The van der Waals surface area contributed by atoms with Crippen molar-refractivity contribution in [3.05, 3.63) is 29.3 Å². The van der Waals surface area contributed by atoms with E-state index in [1.54, 1.807) is 0 Å². The van der Waals surface area contributed by atoms with Crippen molar-refractivity contribution in [2.24, 2.45) is 0 Å². The lowest BCUT2D eigenvalue weighted by Crippen LogP contribution is -2.27. The van der Waals surface area contributed by atoms with E-state index in [4.69, 9.17) is 4.74 Å².